The molecule has 5 heteroatoms. The molecule has 0 aliphatic heterocycles. The lowest BCUT2D eigenvalue weighted by atomic mass is 10.1. The summed E-state index contributed by atoms with van der Waals surface area (Å²) in [6.45, 7) is 0. The Balaban J connectivity index is 1.78. The van der Waals surface area contributed by atoms with Crippen LogP contribution in [0, 0.1) is 0 Å². The number of carbonyl (C=O) groups is 2. The van der Waals surface area contributed by atoms with Gasteiger partial charge in [-0.05, 0) is 47.4 Å². The molecule has 1 aromatic heterocycles. The second kappa shape index (κ2) is 7.92. The van der Waals surface area contributed by atoms with Crippen LogP contribution in [0.5, 0.6) is 5.75 Å². The van der Waals surface area contributed by atoms with Gasteiger partial charge in [-0.3, -0.25) is 4.79 Å². The minimum Gasteiger partial charge on any atom is -0.422 e. The predicted octanol–water partition coefficient (Wildman–Crippen LogP) is 5.52. The number of hydrogen-bond donors (Lipinski definition) is 0. The van der Waals surface area contributed by atoms with Crippen LogP contribution in [-0.2, 0) is 0 Å². The van der Waals surface area contributed by atoms with Gasteiger partial charge in [0.2, 0.25) is 0 Å². The van der Waals surface area contributed by atoms with Crippen molar-refractivity contribution in [3.8, 4) is 5.75 Å². The van der Waals surface area contributed by atoms with E-state index in [1.165, 1.54) is 17.4 Å². The van der Waals surface area contributed by atoms with E-state index in [9.17, 15) is 9.59 Å². The molecule has 0 spiro atoms. The van der Waals surface area contributed by atoms with E-state index >= 15 is 0 Å². The summed E-state index contributed by atoms with van der Waals surface area (Å²) in [5, 5.41) is 2.43. The normalized spacial score (nSPS) is 10.8. The largest absolute Gasteiger partial charge is 0.422 e. The van der Waals surface area contributed by atoms with Crippen LogP contribution in [0.1, 0.15) is 25.6 Å². The molecule has 0 atom stereocenters. The van der Waals surface area contributed by atoms with Gasteiger partial charge in [-0.2, -0.15) is 0 Å². The molecule has 0 N–H and O–H groups in total. The standard InChI is InChI=1S/C20H13ClO3S/c21-15-10-7-14(8-11-15)9-12-17(22)16-4-1-2-5-18(16)24-20(23)19-6-3-13-25-19/h1-13H/b12-9+. The summed E-state index contributed by atoms with van der Waals surface area (Å²) < 4.78 is 5.38. The van der Waals surface area contributed by atoms with Crippen molar-refractivity contribution in [3.05, 3.63) is 93.1 Å². The summed E-state index contributed by atoms with van der Waals surface area (Å²) in [7, 11) is 0. The highest BCUT2D eigenvalue weighted by Crippen LogP contribution is 2.22. The van der Waals surface area contributed by atoms with Gasteiger partial charge < -0.3 is 4.74 Å². The third kappa shape index (κ3) is 4.44. The van der Waals surface area contributed by atoms with Crippen molar-refractivity contribution in [2.75, 3.05) is 0 Å². The Morgan fingerprint density at radius 2 is 1.72 bits per heavy atom. The fraction of sp³-hybridized carbons (Fsp3) is 0. The molecule has 25 heavy (non-hydrogen) atoms. The maximum Gasteiger partial charge on any atom is 0.353 e. The number of esters is 1. The SMILES string of the molecule is O=C(Oc1ccccc1C(=O)/C=C/c1ccc(Cl)cc1)c1cccs1. The van der Waals surface area contributed by atoms with Gasteiger partial charge in [-0.15, -0.1) is 11.3 Å². The predicted molar refractivity (Wildman–Crippen MR) is 101 cm³/mol. The van der Waals surface area contributed by atoms with Crippen molar-refractivity contribution >= 4 is 40.8 Å². The van der Waals surface area contributed by atoms with E-state index in [4.69, 9.17) is 16.3 Å². The summed E-state index contributed by atoms with van der Waals surface area (Å²) in [5.74, 6) is -0.479. The lowest BCUT2D eigenvalue weighted by Crippen LogP contribution is -2.09. The van der Waals surface area contributed by atoms with Crippen LogP contribution in [0.3, 0.4) is 0 Å². The van der Waals surface area contributed by atoms with Gasteiger partial charge in [0.05, 0.1) is 5.56 Å². The first-order valence-electron chi connectivity index (χ1n) is 7.46. The minimum atomic E-state index is -0.475. The molecule has 1 heterocycles. The fourth-order valence-corrected chi connectivity index (χ4v) is 2.86. The first-order valence-corrected chi connectivity index (χ1v) is 8.72. The highest BCUT2D eigenvalue weighted by molar-refractivity contribution is 7.12. The van der Waals surface area contributed by atoms with E-state index < -0.39 is 5.97 Å². The molecule has 0 saturated heterocycles. The summed E-state index contributed by atoms with van der Waals surface area (Å²) in [6, 6.07) is 17.3. The van der Waals surface area contributed by atoms with Crippen molar-refractivity contribution in [1.82, 2.24) is 0 Å². The molecule has 0 amide bonds. The van der Waals surface area contributed by atoms with Gasteiger partial charge in [0, 0.05) is 5.02 Å². The quantitative estimate of drug-likeness (QED) is 0.258. The second-order valence-electron chi connectivity index (χ2n) is 5.11. The molecule has 3 rings (SSSR count). The van der Waals surface area contributed by atoms with E-state index in [-0.39, 0.29) is 11.5 Å². The Bertz CT molecular complexity index is 912. The van der Waals surface area contributed by atoms with Crippen LogP contribution in [-0.4, -0.2) is 11.8 Å². The molecular formula is C20H13ClO3S. The highest BCUT2D eigenvalue weighted by Gasteiger charge is 2.15. The molecular weight excluding hydrogens is 356 g/mol. The van der Waals surface area contributed by atoms with Crippen molar-refractivity contribution < 1.29 is 14.3 Å². The Morgan fingerprint density at radius 1 is 0.960 bits per heavy atom. The minimum absolute atomic E-state index is 0.242. The van der Waals surface area contributed by atoms with Crippen LogP contribution in [0.2, 0.25) is 5.02 Å². The van der Waals surface area contributed by atoms with Gasteiger partial charge in [0.15, 0.2) is 5.78 Å². The second-order valence-corrected chi connectivity index (χ2v) is 6.50. The molecule has 0 unspecified atom stereocenters. The highest BCUT2D eigenvalue weighted by atomic mass is 35.5. The average Bonchev–Trinajstić information content (AvgIpc) is 3.16. The van der Waals surface area contributed by atoms with E-state index in [2.05, 4.69) is 0 Å². The zero-order chi connectivity index (χ0) is 17.6. The smallest absolute Gasteiger partial charge is 0.353 e. The molecule has 0 aliphatic carbocycles. The van der Waals surface area contributed by atoms with Gasteiger partial charge in [-0.1, -0.05) is 48.0 Å². The van der Waals surface area contributed by atoms with Crippen molar-refractivity contribution in [1.29, 1.82) is 0 Å². The van der Waals surface area contributed by atoms with Crippen LogP contribution in [0.4, 0.5) is 0 Å². The summed E-state index contributed by atoms with van der Waals surface area (Å²) in [5.41, 5.74) is 1.18. The molecule has 2 aromatic carbocycles. The van der Waals surface area contributed by atoms with Crippen LogP contribution in [0.15, 0.2) is 72.1 Å². The molecule has 124 valence electrons. The third-order valence-corrected chi connectivity index (χ3v) is 4.48. The molecule has 0 bridgehead atoms. The van der Waals surface area contributed by atoms with Gasteiger partial charge >= 0.3 is 5.97 Å². The number of allylic oxidation sites excluding steroid dienone is 1. The molecule has 3 nitrogen and oxygen atoms in total. The Hall–Kier alpha value is -2.69. The Morgan fingerprint density at radius 3 is 2.44 bits per heavy atom. The van der Waals surface area contributed by atoms with E-state index in [1.807, 2.05) is 12.1 Å². The number of ketones is 1. The summed E-state index contributed by atoms with van der Waals surface area (Å²) in [4.78, 5) is 25.1. The number of hydrogen-bond acceptors (Lipinski definition) is 4. The number of thiophene rings is 1. The maximum absolute atomic E-state index is 12.5. The van der Waals surface area contributed by atoms with Gasteiger partial charge in [-0.25, -0.2) is 4.79 Å². The van der Waals surface area contributed by atoms with Crippen LogP contribution >= 0.6 is 22.9 Å². The zero-order valence-electron chi connectivity index (χ0n) is 13.0. The van der Waals surface area contributed by atoms with Gasteiger partial charge in [0.25, 0.3) is 0 Å². The maximum atomic E-state index is 12.5. The lowest BCUT2D eigenvalue weighted by molar-refractivity contribution is 0.0738. The summed E-state index contributed by atoms with van der Waals surface area (Å²) in [6.07, 6.45) is 3.14. The topological polar surface area (TPSA) is 43.4 Å². The van der Waals surface area contributed by atoms with Crippen molar-refractivity contribution in [3.63, 3.8) is 0 Å². The van der Waals surface area contributed by atoms with E-state index in [1.54, 1.807) is 60.0 Å². The van der Waals surface area contributed by atoms with Crippen LogP contribution in [0.25, 0.3) is 6.08 Å². The average molecular weight is 369 g/mol. The molecule has 0 saturated carbocycles. The zero-order valence-corrected chi connectivity index (χ0v) is 14.6. The number of para-hydroxylation sites is 1. The Labute approximate surface area is 154 Å². The van der Waals surface area contributed by atoms with Crippen molar-refractivity contribution in [2.24, 2.45) is 0 Å². The molecule has 0 radical (unpaired) electrons. The lowest BCUT2D eigenvalue weighted by Gasteiger charge is -2.07. The fourth-order valence-electron chi connectivity index (χ4n) is 2.14. The number of ether oxygens (including phenoxy) is 1. The number of benzene rings is 2. The van der Waals surface area contributed by atoms with Crippen LogP contribution < -0.4 is 4.74 Å². The van der Waals surface area contributed by atoms with E-state index in [0.29, 0.717) is 15.5 Å². The molecule has 3 aromatic rings. The first-order chi connectivity index (χ1) is 12.1. The molecule has 0 aliphatic rings. The van der Waals surface area contributed by atoms with Gasteiger partial charge in [0.1, 0.15) is 10.6 Å². The third-order valence-electron chi connectivity index (χ3n) is 3.37. The summed E-state index contributed by atoms with van der Waals surface area (Å²) >= 11 is 7.13. The number of carbonyl (C=O) groups excluding carboxylic acids is 2. The number of rotatable bonds is 5. The monoisotopic (exact) mass is 368 g/mol. The Kier molecular flexibility index (Phi) is 5.43. The molecule has 0 fully saturated rings. The number of halogens is 1. The first kappa shape index (κ1) is 17.1. The van der Waals surface area contributed by atoms with Crippen molar-refractivity contribution in [2.45, 2.75) is 0 Å². The van der Waals surface area contributed by atoms with E-state index in [0.717, 1.165) is 5.56 Å².